The van der Waals surface area contributed by atoms with Crippen LogP contribution in [0.1, 0.15) is 12.5 Å². The van der Waals surface area contributed by atoms with Crippen molar-refractivity contribution >= 4 is 51.8 Å². The van der Waals surface area contributed by atoms with Crippen LogP contribution < -0.4 is 10.2 Å². The number of nitrogens with zero attached hydrogens (tertiary/aromatic N) is 5. The highest BCUT2D eigenvalue weighted by Gasteiger charge is 2.21. The van der Waals surface area contributed by atoms with Gasteiger partial charge in [0.25, 0.3) is 0 Å². The minimum Gasteiger partial charge on any atom is -0.357 e. The van der Waals surface area contributed by atoms with Crippen LogP contribution in [0.3, 0.4) is 0 Å². The van der Waals surface area contributed by atoms with Crippen LogP contribution in [0, 0.1) is 5.82 Å². The zero-order chi connectivity index (χ0) is 19.1. The quantitative estimate of drug-likeness (QED) is 0.344. The van der Waals surface area contributed by atoms with Gasteiger partial charge in [-0.2, -0.15) is 0 Å². The van der Waals surface area contributed by atoms with Crippen LogP contribution in [0.25, 0.3) is 0 Å². The average Bonchev–Trinajstić information content (AvgIpc) is 2.71. The molecule has 28 heavy (non-hydrogen) atoms. The van der Waals surface area contributed by atoms with Crippen molar-refractivity contribution in [2.45, 2.75) is 13.3 Å². The molecule has 1 N–H and O–H groups in total. The number of aliphatic imine (C=N–C) groups is 1. The molecule has 0 saturated carbocycles. The molecule has 2 heterocycles. The van der Waals surface area contributed by atoms with Gasteiger partial charge in [0, 0.05) is 56.1 Å². The second kappa shape index (κ2) is 11.5. The third kappa shape index (κ3) is 6.26. The van der Waals surface area contributed by atoms with Gasteiger partial charge in [-0.25, -0.2) is 14.4 Å². The van der Waals surface area contributed by atoms with Crippen LogP contribution in [0.4, 0.5) is 10.3 Å². The molecule has 0 spiro atoms. The van der Waals surface area contributed by atoms with Crippen molar-refractivity contribution in [3.05, 3.63) is 52.5 Å². The Morgan fingerprint density at radius 1 is 1.21 bits per heavy atom. The fourth-order valence-electron chi connectivity index (χ4n) is 3.02. The maximum Gasteiger partial charge on any atom is 0.225 e. The number of hydrogen-bond acceptors (Lipinski definition) is 4. The predicted octanol–water partition coefficient (Wildman–Crippen LogP) is 3.33. The molecule has 2 aromatic rings. The molecule has 1 aromatic heterocycles. The molecular formula is C19H25BrFIN6. The second-order valence-electron chi connectivity index (χ2n) is 6.24. The zero-order valence-electron chi connectivity index (χ0n) is 15.8. The summed E-state index contributed by atoms with van der Waals surface area (Å²) in [5, 5.41) is 3.34. The Hall–Kier alpha value is -1.49. The lowest BCUT2D eigenvalue weighted by atomic mass is 10.1. The molecular weight excluding hydrogens is 538 g/mol. The lowest BCUT2D eigenvalue weighted by molar-refractivity contribution is 0.370. The lowest BCUT2D eigenvalue weighted by Gasteiger charge is -2.36. The molecule has 0 aliphatic carbocycles. The van der Waals surface area contributed by atoms with E-state index in [0.29, 0.717) is 18.5 Å². The summed E-state index contributed by atoms with van der Waals surface area (Å²) in [5.74, 6) is 1.46. The summed E-state index contributed by atoms with van der Waals surface area (Å²) in [4.78, 5) is 17.8. The Labute approximate surface area is 190 Å². The highest BCUT2D eigenvalue weighted by molar-refractivity contribution is 14.0. The molecule has 0 amide bonds. The Morgan fingerprint density at radius 3 is 2.61 bits per heavy atom. The van der Waals surface area contributed by atoms with Crippen molar-refractivity contribution in [3.8, 4) is 0 Å². The Bertz CT molecular complexity index is 768. The number of halogens is 3. The van der Waals surface area contributed by atoms with E-state index in [1.54, 1.807) is 18.5 Å². The highest BCUT2D eigenvalue weighted by Crippen LogP contribution is 2.16. The maximum atomic E-state index is 13.9. The first kappa shape index (κ1) is 22.8. The van der Waals surface area contributed by atoms with E-state index < -0.39 is 0 Å². The highest BCUT2D eigenvalue weighted by atomic mass is 127. The number of rotatable bonds is 5. The molecule has 0 atom stereocenters. The van der Waals surface area contributed by atoms with Crippen molar-refractivity contribution < 1.29 is 4.39 Å². The molecule has 1 saturated heterocycles. The number of anilines is 1. The Kier molecular flexibility index (Phi) is 9.36. The van der Waals surface area contributed by atoms with E-state index in [-0.39, 0.29) is 29.8 Å². The smallest absolute Gasteiger partial charge is 0.225 e. The largest absolute Gasteiger partial charge is 0.357 e. The number of guanidine groups is 1. The van der Waals surface area contributed by atoms with Gasteiger partial charge in [0.1, 0.15) is 5.82 Å². The van der Waals surface area contributed by atoms with Crippen LogP contribution in [0.2, 0.25) is 0 Å². The SMILES string of the molecule is CCNC(=NCCc1cc(Br)ccc1F)N1CCN(c2ncccn2)CC1.I. The molecule has 1 aliphatic rings. The number of hydrogen-bond donors (Lipinski definition) is 1. The normalized spacial score (nSPS) is 14.6. The summed E-state index contributed by atoms with van der Waals surface area (Å²) >= 11 is 3.39. The van der Waals surface area contributed by atoms with E-state index in [2.05, 4.69) is 47.9 Å². The van der Waals surface area contributed by atoms with E-state index in [9.17, 15) is 4.39 Å². The van der Waals surface area contributed by atoms with Crippen molar-refractivity contribution in [1.29, 1.82) is 0 Å². The summed E-state index contributed by atoms with van der Waals surface area (Å²) in [5.41, 5.74) is 0.676. The fraction of sp³-hybridized carbons (Fsp3) is 0.421. The van der Waals surface area contributed by atoms with Crippen LogP contribution in [-0.4, -0.2) is 60.1 Å². The van der Waals surface area contributed by atoms with E-state index in [0.717, 1.165) is 49.1 Å². The van der Waals surface area contributed by atoms with Crippen molar-refractivity contribution in [2.75, 3.05) is 44.2 Å². The number of piperazine rings is 1. The predicted molar refractivity (Wildman–Crippen MR) is 125 cm³/mol. The fourth-order valence-corrected chi connectivity index (χ4v) is 3.42. The third-order valence-corrected chi connectivity index (χ3v) is 4.89. The van der Waals surface area contributed by atoms with E-state index in [4.69, 9.17) is 4.99 Å². The van der Waals surface area contributed by atoms with Gasteiger partial charge in [-0.15, -0.1) is 24.0 Å². The van der Waals surface area contributed by atoms with Gasteiger partial charge < -0.3 is 15.1 Å². The molecule has 0 bridgehead atoms. The molecule has 1 aliphatic heterocycles. The van der Waals surface area contributed by atoms with Gasteiger partial charge in [0.05, 0.1) is 0 Å². The second-order valence-corrected chi connectivity index (χ2v) is 7.16. The summed E-state index contributed by atoms with van der Waals surface area (Å²) < 4.78 is 14.8. The zero-order valence-corrected chi connectivity index (χ0v) is 19.7. The van der Waals surface area contributed by atoms with Crippen LogP contribution in [0.15, 0.2) is 46.1 Å². The molecule has 0 unspecified atom stereocenters. The van der Waals surface area contributed by atoms with E-state index in [1.807, 2.05) is 12.1 Å². The number of benzene rings is 1. The first-order chi connectivity index (χ1) is 13.2. The Morgan fingerprint density at radius 2 is 1.93 bits per heavy atom. The molecule has 152 valence electrons. The average molecular weight is 563 g/mol. The summed E-state index contributed by atoms with van der Waals surface area (Å²) in [6.07, 6.45) is 4.10. The minimum atomic E-state index is -0.185. The number of aromatic nitrogens is 2. The Balaban J connectivity index is 0.00000280. The first-order valence-electron chi connectivity index (χ1n) is 9.16. The lowest BCUT2D eigenvalue weighted by Crippen LogP contribution is -2.53. The topological polar surface area (TPSA) is 56.7 Å². The van der Waals surface area contributed by atoms with Crippen molar-refractivity contribution in [3.63, 3.8) is 0 Å². The van der Waals surface area contributed by atoms with Crippen molar-refractivity contribution in [1.82, 2.24) is 20.2 Å². The standard InChI is InChI=1S/C19H24BrFN6.HI/c1-2-22-18(25-9-6-15-14-16(20)4-5-17(15)21)26-10-12-27(13-11-26)19-23-7-3-8-24-19;/h3-5,7-8,14H,2,6,9-13H2,1H3,(H,22,25);1H. The molecule has 0 radical (unpaired) electrons. The molecule has 3 rings (SSSR count). The summed E-state index contributed by atoms with van der Waals surface area (Å²) in [6, 6.07) is 6.83. The monoisotopic (exact) mass is 562 g/mol. The van der Waals surface area contributed by atoms with Crippen molar-refractivity contribution in [2.24, 2.45) is 4.99 Å². The molecule has 1 fully saturated rings. The van der Waals surface area contributed by atoms with Gasteiger partial charge in [-0.05, 0) is 43.2 Å². The van der Waals surface area contributed by atoms with Crippen LogP contribution >= 0.6 is 39.9 Å². The van der Waals surface area contributed by atoms with Gasteiger partial charge in [-0.3, -0.25) is 4.99 Å². The van der Waals surface area contributed by atoms with Crippen LogP contribution in [-0.2, 0) is 6.42 Å². The van der Waals surface area contributed by atoms with Crippen LogP contribution in [0.5, 0.6) is 0 Å². The molecule has 9 heteroatoms. The first-order valence-corrected chi connectivity index (χ1v) is 9.96. The van der Waals surface area contributed by atoms with E-state index >= 15 is 0 Å². The number of nitrogens with one attached hydrogen (secondary N) is 1. The molecule has 1 aromatic carbocycles. The van der Waals surface area contributed by atoms with Gasteiger partial charge in [0.2, 0.25) is 5.95 Å². The summed E-state index contributed by atoms with van der Waals surface area (Å²) in [7, 11) is 0. The molecule has 6 nitrogen and oxygen atoms in total. The minimum absolute atomic E-state index is 0. The van der Waals surface area contributed by atoms with Gasteiger partial charge in [-0.1, -0.05) is 15.9 Å². The third-order valence-electron chi connectivity index (χ3n) is 4.40. The van der Waals surface area contributed by atoms with Gasteiger partial charge in [0.15, 0.2) is 5.96 Å². The maximum absolute atomic E-state index is 13.9. The van der Waals surface area contributed by atoms with E-state index in [1.165, 1.54) is 6.07 Å². The summed E-state index contributed by atoms with van der Waals surface area (Å²) in [6.45, 7) is 6.76. The van der Waals surface area contributed by atoms with Gasteiger partial charge >= 0.3 is 0 Å².